The van der Waals surface area contributed by atoms with Crippen LogP contribution in [0.3, 0.4) is 0 Å². The minimum absolute atomic E-state index is 0.0129. The molecule has 1 amide bonds. The van der Waals surface area contributed by atoms with Crippen molar-refractivity contribution < 1.29 is 23.7 Å². The molecule has 0 aromatic rings. The zero-order valence-corrected chi connectivity index (χ0v) is 18.4. The van der Waals surface area contributed by atoms with Crippen LogP contribution in [-0.2, 0) is 23.7 Å². The van der Waals surface area contributed by atoms with Crippen LogP contribution in [0.4, 0.5) is 0 Å². The first-order valence-electron chi connectivity index (χ1n) is 10.6. The van der Waals surface area contributed by atoms with Crippen LogP contribution in [0.1, 0.15) is 53.4 Å². The predicted molar refractivity (Wildman–Crippen MR) is 112 cm³/mol. The number of carbonyl (C=O) groups is 1. The Balaban J connectivity index is 3.20. The lowest BCUT2D eigenvalue weighted by atomic mass is 10.1. The van der Waals surface area contributed by atoms with Crippen LogP contribution in [-0.4, -0.2) is 65.3 Å². The Bertz CT molecular complexity index is 417. The molecule has 0 bridgehead atoms. The lowest BCUT2D eigenvalue weighted by Crippen LogP contribution is -2.27. The van der Waals surface area contributed by atoms with Gasteiger partial charge in [0.1, 0.15) is 0 Å². The highest BCUT2D eigenvalue weighted by Crippen LogP contribution is 2.05. The maximum Gasteiger partial charge on any atom is 0.221 e. The lowest BCUT2D eigenvalue weighted by Gasteiger charge is -2.09. The van der Waals surface area contributed by atoms with E-state index in [1.807, 2.05) is 13.8 Å². The summed E-state index contributed by atoms with van der Waals surface area (Å²) in [6.07, 6.45) is 3.34. The quantitative estimate of drug-likeness (QED) is 0.283. The molecule has 1 N–H and O–H groups in total. The van der Waals surface area contributed by atoms with Crippen molar-refractivity contribution >= 4 is 5.91 Å². The summed E-state index contributed by atoms with van der Waals surface area (Å²) in [4.78, 5) is 11.6. The van der Waals surface area contributed by atoms with Crippen molar-refractivity contribution in [3.8, 4) is 11.8 Å². The topological polar surface area (TPSA) is 66.0 Å². The van der Waals surface area contributed by atoms with Gasteiger partial charge in [0.15, 0.2) is 0 Å². The van der Waals surface area contributed by atoms with Crippen molar-refractivity contribution in [1.82, 2.24) is 5.32 Å². The van der Waals surface area contributed by atoms with E-state index in [4.69, 9.17) is 18.9 Å². The Morgan fingerprint density at radius 2 is 1.39 bits per heavy atom. The van der Waals surface area contributed by atoms with Gasteiger partial charge in [0.05, 0.1) is 46.2 Å². The first kappa shape index (κ1) is 26.9. The van der Waals surface area contributed by atoms with Gasteiger partial charge in [-0.3, -0.25) is 4.79 Å². The molecule has 0 spiro atoms. The molecule has 0 saturated heterocycles. The summed E-state index contributed by atoms with van der Waals surface area (Å²) in [5.74, 6) is 7.13. The molecule has 28 heavy (non-hydrogen) atoms. The van der Waals surface area contributed by atoms with Gasteiger partial charge in [-0.25, -0.2) is 0 Å². The van der Waals surface area contributed by atoms with E-state index in [0.29, 0.717) is 71.6 Å². The zero-order valence-electron chi connectivity index (χ0n) is 18.4. The second-order valence-corrected chi connectivity index (χ2v) is 7.08. The molecule has 0 aromatic carbocycles. The summed E-state index contributed by atoms with van der Waals surface area (Å²) in [7, 11) is 0. The molecular formula is C22H41NO5. The first-order chi connectivity index (χ1) is 13.6. The maximum absolute atomic E-state index is 11.6. The van der Waals surface area contributed by atoms with Crippen LogP contribution >= 0.6 is 0 Å². The molecule has 0 radical (unpaired) electrons. The third-order valence-corrected chi connectivity index (χ3v) is 4.00. The highest BCUT2D eigenvalue weighted by molar-refractivity contribution is 5.76. The van der Waals surface area contributed by atoms with Crippen molar-refractivity contribution in [3.05, 3.63) is 0 Å². The largest absolute Gasteiger partial charge is 0.379 e. The number of nitrogens with one attached hydrogen (secondary N) is 1. The van der Waals surface area contributed by atoms with Gasteiger partial charge in [-0.2, -0.15) is 0 Å². The number of carbonyl (C=O) groups excluding carboxylic acids is 1. The molecule has 0 fully saturated rings. The van der Waals surface area contributed by atoms with Crippen LogP contribution in [0.5, 0.6) is 0 Å². The first-order valence-corrected chi connectivity index (χ1v) is 10.6. The van der Waals surface area contributed by atoms with Crippen molar-refractivity contribution in [1.29, 1.82) is 0 Å². The van der Waals surface area contributed by atoms with Gasteiger partial charge in [-0.15, -0.1) is 11.8 Å². The second-order valence-electron chi connectivity index (χ2n) is 7.08. The third kappa shape index (κ3) is 21.2. The summed E-state index contributed by atoms with van der Waals surface area (Å²) in [6, 6.07) is 0. The fourth-order valence-corrected chi connectivity index (χ4v) is 2.05. The fourth-order valence-electron chi connectivity index (χ4n) is 2.05. The summed E-state index contributed by atoms with van der Waals surface area (Å²) in [5, 5.41) is 2.82. The lowest BCUT2D eigenvalue weighted by molar-refractivity contribution is -0.121. The van der Waals surface area contributed by atoms with Crippen molar-refractivity contribution in [2.24, 2.45) is 11.8 Å². The molecule has 0 aliphatic heterocycles. The molecule has 0 aliphatic carbocycles. The minimum Gasteiger partial charge on any atom is -0.379 e. The van der Waals surface area contributed by atoms with Gasteiger partial charge in [0.2, 0.25) is 5.91 Å². The predicted octanol–water partition coefficient (Wildman–Crippen LogP) is 3.04. The molecule has 0 aromatic heterocycles. The van der Waals surface area contributed by atoms with Crippen LogP contribution in [0, 0.1) is 23.7 Å². The van der Waals surface area contributed by atoms with Gasteiger partial charge in [-0.05, 0) is 12.3 Å². The molecule has 164 valence electrons. The number of hydrogen-bond acceptors (Lipinski definition) is 5. The zero-order chi connectivity index (χ0) is 20.9. The summed E-state index contributed by atoms with van der Waals surface area (Å²) in [5.41, 5.74) is 0. The van der Waals surface area contributed by atoms with E-state index in [1.165, 1.54) is 6.42 Å². The van der Waals surface area contributed by atoms with Gasteiger partial charge >= 0.3 is 0 Å². The number of hydrogen-bond donors (Lipinski definition) is 1. The monoisotopic (exact) mass is 399 g/mol. The van der Waals surface area contributed by atoms with E-state index < -0.39 is 0 Å². The average molecular weight is 400 g/mol. The highest BCUT2D eigenvalue weighted by atomic mass is 16.6. The Labute approximate surface area is 172 Å². The van der Waals surface area contributed by atoms with Crippen LogP contribution in [0.15, 0.2) is 0 Å². The van der Waals surface area contributed by atoms with Crippen LogP contribution in [0.2, 0.25) is 0 Å². The average Bonchev–Trinajstić information content (AvgIpc) is 2.67. The Morgan fingerprint density at radius 1 is 0.857 bits per heavy atom. The summed E-state index contributed by atoms with van der Waals surface area (Å²) >= 11 is 0. The van der Waals surface area contributed by atoms with E-state index in [-0.39, 0.29) is 5.91 Å². The number of rotatable bonds is 18. The molecule has 0 rings (SSSR count). The fraction of sp³-hybridized carbons (Fsp3) is 0.864. The SMILES string of the molecule is CCC(C)CCOCCOCCOCCOCCNC(=O)CCC#CC(C)C. The Kier molecular flexibility index (Phi) is 19.8. The summed E-state index contributed by atoms with van der Waals surface area (Å²) in [6.45, 7) is 13.7. The summed E-state index contributed by atoms with van der Waals surface area (Å²) < 4.78 is 21.8. The number of ether oxygens (including phenoxy) is 4. The molecule has 1 atom stereocenters. The number of amides is 1. The van der Waals surface area contributed by atoms with E-state index in [1.54, 1.807) is 0 Å². The van der Waals surface area contributed by atoms with Gasteiger partial charge < -0.3 is 24.3 Å². The molecule has 0 heterocycles. The second kappa shape index (κ2) is 20.6. The van der Waals surface area contributed by atoms with E-state index in [0.717, 1.165) is 18.9 Å². The molecule has 6 nitrogen and oxygen atoms in total. The molecular weight excluding hydrogens is 358 g/mol. The van der Waals surface area contributed by atoms with Crippen LogP contribution < -0.4 is 5.32 Å². The van der Waals surface area contributed by atoms with E-state index in [9.17, 15) is 4.79 Å². The molecule has 0 aliphatic rings. The van der Waals surface area contributed by atoms with Crippen molar-refractivity contribution in [2.45, 2.75) is 53.4 Å². The normalized spacial score (nSPS) is 11.9. The van der Waals surface area contributed by atoms with Gasteiger partial charge in [-0.1, -0.05) is 34.1 Å². The maximum atomic E-state index is 11.6. The van der Waals surface area contributed by atoms with E-state index >= 15 is 0 Å². The molecule has 1 unspecified atom stereocenters. The molecule has 6 heteroatoms. The Hall–Kier alpha value is -1.13. The van der Waals surface area contributed by atoms with Crippen LogP contribution in [0.25, 0.3) is 0 Å². The van der Waals surface area contributed by atoms with Crippen molar-refractivity contribution in [3.63, 3.8) is 0 Å². The highest BCUT2D eigenvalue weighted by Gasteiger charge is 1.99. The van der Waals surface area contributed by atoms with Crippen molar-refractivity contribution in [2.75, 3.05) is 59.4 Å². The smallest absolute Gasteiger partial charge is 0.221 e. The standard InChI is InChI=1S/C22H41NO5/c1-5-21(4)10-12-25-14-16-27-18-19-28-17-15-26-13-11-23-22(24)9-7-6-8-20(2)3/h20-21H,5,7,9-19H2,1-4H3,(H,23,24). The Morgan fingerprint density at radius 3 is 1.93 bits per heavy atom. The van der Waals surface area contributed by atoms with Gasteiger partial charge in [0, 0.05) is 31.9 Å². The molecule has 0 saturated carbocycles. The van der Waals surface area contributed by atoms with E-state index in [2.05, 4.69) is 31.0 Å². The third-order valence-electron chi connectivity index (χ3n) is 4.00. The minimum atomic E-state index is 0.0129. The van der Waals surface area contributed by atoms with Gasteiger partial charge in [0.25, 0.3) is 0 Å².